The lowest BCUT2D eigenvalue weighted by molar-refractivity contribution is -0.192. The molecule has 0 aromatic carbocycles. The first-order valence-electron chi connectivity index (χ1n) is 11.2. The van der Waals surface area contributed by atoms with E-state index >= 15 is 0 Å². The van der Waals surface area contributed by atoms with E-state index in [-0.39, 0.29) is 11.7 Å². The highest BCUT2D eigenvalue weighted by atomic mass is 32.2. The second-order valence-electron chi connectivity index (χ2n) is 8.19. The normalized spacial score (nSPS) is 12.1. The van der Waals surface area contributed by atoms with Gasteiger partial charge in [0.25, 0.3) is 0 Å². The van der Waals surface area contributed by atoms with Crippen LogP contribution in [-0.4, -0.2) is 77.3 Å². The Bertz CT molecular complexity index is 1200. The maximum atomic E-state index is 11.6. The molecule has 1 unspecified atom stereocenters. The van der Waals surface area contributed by atoms with E-state index in [4.69, 9.17) is 14.6 Å². The van der Waals surface area contributed by atoms with Crippen molar-refractivity contribution in [3.05, 3.63) is 52.9 Å². The van der Waals surface area contributed by atoms with E-state index in [1.165, 1.54) is 7.11 Å². The molecule has 38 heavy (non-hydrogen) atoms. The van der Waals surface area contributed by atoms with Gasteiger partial charge in [-0.1, -0.05) is 19.9 Å². The molecule has 3 aromatic rings. The maximum Gasteiger partial charge on any atom is 0.490 e. The third-order valence-electron chi connectivity index (χ3n) is 5.12. The number of tetrazole rings is 1. The number of nitrogens with zero attached hydrogens (tertiary/aromatic N) is 7. The first-order valence-corrected chi connectivity index (χ1v) is 12.6. The standard InChI is InChI=1S/C20H28N8O2S.C2HF3O2/c1-13(2)16-10-17(27(3)24-16)18(19-23-25-26-28(19)8-9-31-5)22-12-14-6-7-15(21-11-14)20(29)30-4;3-2(4,5)1(6)7/h6-7,10-11,13,18,22H,8-9,12H2,1-5H3;(H,6,7). The fraction of sp³-hybridized carbons (Fsp3) is 0.500. The summed E-state index contributed by atoms with van der Waals surface area (Å²) in [5.41, 5.74) is 3.18. The molecule has 0 fully saturated rings. The van der Waals surface area contributed by atoms with E-state index < -0.39 is 18.1 Å². The van der Waals surface area contributed by atoms with Gasteiger partial charge in [-0.3, -0.25) is 10.00 Å². The van der Waals surface area contributed by atoms with Crippen LogP contribution in [0.2, 0.25) is 0 Å². The van der Waals surface area contributed by atoms with E-state index in [9.17, 15) is 18.0 Å². The molecule has 1 atom stereocenters. The number of carboxylic acid groups (broad SMARTS) is 1. The lowest BCUT2D eigenvalue weighted by Gasteiger charge is -2.18. The van der Waals surface area contributed by atoms with Gasteiger partial charge in [0, 0.05) is 25.5 Å². The molecule has 208 valence electrons. The van der Waals surface area contributed by atoms with Gasteiger partial charge in [-0.05, 0) is 40.3 Å². The summed E-state index contributed by atoms with van der Waals surface area (Å²) in [5.74, 6) is -1.27. The average Bonchev–Trinajstić information content (AvgIpc) is 3.49. The number of carboxylic acids is 1. The van der Waals surface area contributed by atoms with Crippen molar-refractivity contribution < 1.29 is 32.6 Å². The number of carbonyl (C=O) groups excluding carboxylic acids is 1. The van der Waals surface area contributed by atoms with Crippen LogP contribution in [0.4, 0.5) is 13.2 Å². The highest BCUT2D eigenvalue weighted by molar-refractivity contribution is 7.98. The molecule has 0 bridgehead atoms. The highest BCUT2D eigenvalue weighted by Crippen LogP contribution is 2.24. The van der Waals surface area contributed by atoms with E-state index in [2.05, 4.69) is 57.1 Å². The van der Waals surface area contributed by atoms with Crippen LogP contribution in [0.3, 0.4) is 0 Å². The highest BCUT2D eigenvalue weighted by Gasteiger charge is 2.38. The zero-order valence-corrected chi connectivity index (χ0v) is 22.2. The number of aryl methyl sites for hydroxylation is 2. The molecule has 0 aliphatic heterocycles. The number of hydrogen-bond donors (Lipinski definition) is 2. The summed E-state index contributed by atoms with van der Waals surface area (Å²) < 4.78 is 40.1. The Kier molecular flexibility index (Phi) is 11.2. The van der Waals surface area contributed by atoms with Crippen LogP contribution in [0.1, 0.15) is 59.1 Å². The van der Waals surface area contributed by atoms with E-state index in [0.29, 0.717) is 19.0 Å². The van der Waals surface area contributed by atoms with Gasteiger partial charge in [-0.2, -0.15) is 30.0 Å². The zero-order chi connectivity index (χ0) is 28.5. The number of aliphatic carboxylic acids is 1. The Balaban J connectivity index is 0.000000638. The molecule has 0 aliphatic rings. The maximum absolute atomic E-state index is 11.6. The van der Waals surface area contributed by atoms with Crippen molar-refractivity contribution in [2.24, 2.45) is 7.05 Å². The summed E-state index contributed by atoms with van der Waals surface area (Å²) in [7, 11) is 3.27. The van der Waals surface area contributed by atoms with Gasteiger partial charge in [0.2, 0.25) is 0 Å². The number of aromatic nitrogens is 7. The number of hydrogen-bond acceptors (Lipinski definition) is 10. The number of esters is 1. The fourth-order valence-electron chi connectivity index (χ4n) is 3.11. The molecule has 3 aromatic heterocycles. The minimum Gasteiger partial charge on any atom is -0.475 e. The second kappa shape index (κ2) is 13.9. The summed E-state index contributed by atoms with van der Waals surface area (Å²) in [5, 5.41) is 27.7. The average molecular weight is 559 g/mol. The van der Waals surface area contributed by atoms with Crippen LogP contribution in [0.5, 0.6) is 0 Å². The number of ether oxygens (including phenoxy) is 1. The van der Waals surface area contributed by atoms with E-state index in [0.717, 1.165) is 28.5 Å². The third-order valence-corrected chi connectivity index (χ3v) is 5.71. The van der Waals surface area contributed by atoms with Crippen LogP contribution in [-0.2, 0) is 29.7 Å². The molecule has 12 nitrogen and oxygen atoms in total. The lowest BCUT2D eigenvalue weighted by atomic mass is 10.1. The van der Waals surface area contributed by atoms with Crippen LogP contribution in [0, 0.1) is 0 Å². The molecule has 0 saturated carbocycles. The number of methoxy groups -OCH3 is 1. The summed E-state index contributed by atoms with van der Waals surface area (Å²) in [6.45, 7) is 5.46. The first kappa shape index (κ1) is 30.7. The first-order chi connectivity index (χ1) is 17.9. The Morgan fingerprint density at radius 2 is 1.95 bits per heavy atom. The second-order valence-corrected chi connectivity index (χ2v) is 9.17. The molecule has 0 radical (unpaired) electrons. The number of carbonyl (C=O) groups is 2. The minimum atomic E-state index is -5.08. The van der Waals surface area contributed by atoms with Gasteiger partial charge in [0.05, 0.1) is 25.0 Å². The summed E-state index contributed by atoms with van der Waals surface area (Å²) in [6, 6.07) is 5.33. The molecule has 0 aliphatic carbocycles. The molecule has 2 N–H and O–H groups in total. The molecular weight excluding hydrogens is 529 g/mol. The number of halogens is 3. The summed E-state index contributed by atoms with van der Waals surface area (Å²) >= 11 is 1.74. The SMILES string of the molecule is COC(=O)c1ccc(CNC(c2cc(C(C)C)nn2C)c2nnnn2CCSC)cn1.O=C(O)C(F)(F)F. The van der Waals surface area contributed by atoms with Gasteiger partial charge >= 0.3 is 18.1 Å². The van der Waals surface area contributed by atoms with E-state index in [1.54, 1.807) is 24.0 Å². The molecule has 3 heterocycles. The Hall–Kier alpha value is -3.53. The molecule has 0 spiro atoms. The monoisotopic (exact) mass is 558 g/mol. The smallest absolute Gasteiger partial charge is 0.475 e. The lowest BCUT2D eigenvalue weighted by Crippen LogP contribution is -2.28. The van der Waals surface area contributed by atoms with Crippen LogP contribution >= 0.6 is 11.8 Å². The Morgan fingerprint density at radius 1 is 1.26 bits per heavy atom. The van der Waals surface area contributed by atoms with Crippen molar-refractivity contribution in [1.29, 1.82) is 0 Å². The minimum absolute atomic E-state index is 0.262. The van der Waals surface area contributed by atoms with Crippen molar-refractivity contribution >= 4 is 23.7 Å². The number of rotatable bonds is 10. The van der Waals surface area contributed by atoms with Gasteiger partial charge in [-0.15, -0.1) is 5.10 Å². The number of nitrogens with one attached hydrogen (secondary N) is 1. The topological polar surface area (TPSA) is 150 Å². The van der Waals surface area contributed by atoms with Gasteiger partial charge in [0.15, 0.2) is 5.82 Å². The third kappa shape index (κ3) is 8.51. The summed E-state index contributed by atoms with van der Waals surface area (Å²) in [6.07, 6.45) is -1.36. The van der Waals surface area contributed by atoms with Crippen LogP contribution < -0.4 is 5.32 Å². The Labute approximate surface area is 221 Å². The molecular formula is C22H29F3N8O4S. The number of alkyl halides is 3. The van der Waals surface area contributed by atoms with Gasteiger partial charge in [-0.25, -0.2) is 19.3 Å². The van der Waals surface area contributed by atoms with Crippen molar-refractivity contribution in [1.82, 2.24) is 40.3 Å². The predicted molar refractivity (Wildman–Crippen MR) is 131 cm³/mol. The Morgan fingerprint density at radius 3 is 2.45 bits per heavy atom. The largest absolute Gasteiger partial charge is 0.490 e. The van der Waals surface area contributed by atoms with Crippen molar-refractivity contribution in [3.63, 3.8) is 0 Å². The number of pyridine rings is 1. The zero-order valence-electron chi connectivity index (χ0n) is 21.4. The van der Waals surface area contributed by atoms with Crippen LogP contribution in [0.15, 0.2) is 24.4 Å². The van der Waals surface area contributed by atoms with Crippen LogP contribution in [0.25, 0.3) is 0 Å². The number of thioether (sulfide) groups is 1. The molecule has 0 amide bonds. The van der Waals surface area contributed by atoms with Crippen molar-refractivity contribution in [2.45, 2.75) is 45.1 Å². The fourth-order valence-corrected chi connectivity index (χ4v) is 3.47. The van der Waals surface area contributed by atoms with Gasteiger partial charge < -0.3 is 9.84 Å². The van der Waals surface area contributed by atoms with Crippen molar-refractivity contribution in [2.75, 3.05) is 19.1 Å². The van der Waals surface area contributed by atoms with Gasteiger partial charge in [0.1, 0.15) is 11.7 Å². The quantitative estimate of drug-likeness (QED) is 0.354. The predicted octanol–water partition coefficient (Wildman–Crippen LogP) is 2.59. The summed E-state index contributed by atoms with van der Waals surface area (Å²) in [4.78, 5) is 24.7. The van der Waals surface area contributed by atoms with Crippen molar-refractivity contribution in [3.8, 4) is 0 Å². The molecule has 0 saturated heterocycles. The molecule has 16 heteroatoms. The van der Waals surface area contributed by atoms with E-state index in [1.807, 2.05) is 22.5 Å². The molecule has 3 rings (SSSR count).